The van der Waals surface area contributed by atoms with Crippen LogP contribution >= 0.6 is 15.9 Å². The van der Waals surface area contributed by atoms with Crippen LogP contribution in [0, 0.1) is 5.82 Å². The van der Waals surface area contributed by atoms with Gasteiger partial charge in [-0.2, -0.15) is 0 Å². The summed E-state index contributed by atoms with van der Waals surface area (Å²) in [4.78, 5) is 2.04. The van der Waals surface area contributed by atoms with E-state index < -0.39 is 0 Å². The molecule has 1 aromatic carbocycles. The molecule has 0 amide bonds. The van der Waals surface area contributed by atoms with Crippen molar-refractivity contribution in [2.75, 3.05) is 18.1 Å². The van der Waals surface area contributed by atoms with Gasteiger partial charge in [-0.1, -0.05) is 0 Å². The van der Waals surface area contributed by atoms with E-state index in [1.54, 1.807) is 6.07 Å². The number of halogens is 2. The van der Waals surface area contributed by atoms with Crippen LogP contribution in [-0.2, 0) is 4.74 Å². The smallest absolute Gasteiger partial charge is 0.139 e. The molecule has 1 aliphatic heterocycles. The van der Waals surface area contributed by atoms with E-state index in [2.05, 4.69) is 15.9 Å². The van der Waals surface area contributed by atoms with E-state index >= 15 is 0 Å². The van der Waals surface area contributed by atoms with Crippen molar-refractivity contribution < 1.29 is 9.13 Å². The summed E-state index contributed by atoms with van der Waals surface area (Å²) >= 11 is 3.13. The first kappa shape index (κ1) is 9.93. The first-order chi connectivity index (χ1) is 6.68. The van der Waals surface area contributed by atoms with Gasteiger partial charge in [0.15, 0.2) is 0 Å². The average molecular weight is 260 g/mol. The quantitative estimate of drug-likeness (QED) is 0.769. The molecule has 1 unspecified atom stereocenters. The number of nitrogens with zero attached hydrogens (tertiary/aromatic N) is 1. The molecule has 1 fully saturated rings. The lowest BCUT2D eigenvalue weighted by Crippen LogP contribution is -2.27. The van der Waals surface area contributed by atoms with Gasteiger partial charge in [0.2, 0.25) is 0 Å². The Balaban J connectivity index is 2.28. The van der Waals surface area contributed by atoms with Crippen molar-refractivity contribution in [2.45, 2.75) is 13.2 Å². The predicted octanol–water partition coefficient (Wildman–Crippen LogP) is 2.77. The highest BCUT2D eigenvalue weighted by atomic mass is 79.9. The number of anilines is 1. The third-order valence-electron chi connectivity index (χ3n) is 2.36. The summed E-state index contributed by atoms with van der Waals surface area (Å²) in [6.07, 6.45) is 0.0376. The minimum Gasteiger partial charge on any atom is -0.357 e. The van der Waals surface area contributed by atoms with Crippen LogP contribution in [0.5, 0.6) is 0 Å². The maximum absolute atomic E-state index is 13.2. The molecule has 1 saturated heterocycles. The monoisotopic (exact) mass is 259 g/mol. The second-order valence-corrected chi connectivity index (χ2v) is 4.12. The zero-order chi connectivity index (χ0) is 10.1. The summed E-state index contributed by atoms with van der Waals surface area (Å²) in [5, 5.41) is 0. The summed E-state index contributed by atoms with van der Waals surface area (Å²) in [6, 6.07) is 5.13. The first-order valence-corrected chi connectivity index (χ1v) is 5.31. The second-order valence-electron chi connectivity index (χ2n) is 3.26. The van der Waals surface area contributed by atoms with Crippen molar-refractivity contribution in [3.8, 4) is 0 Å². The molecule has 0 aliphatic carbocycles. The molecule has 2 nitrogen and oxygen atoms in total. The van der Waals surface area contributed by atoms with Gasteiger partial charge in [-0.3, -0.25) is 0 Å². The maximum Gasteiger partial charge on any atom is 0.139 e. The number of rotatable bonds is 1. The molecule has 0 N–H and O–H groups in total. The Hall–Kier alpha value is -0.610. The lowest BCUT2D eigenvalue weighted by atomic mass is 10.3. The van der Waals surface area contributed by atoms with Crippen molar-refractivity contribution >= 4 is 21.6 Å². The Morgan fingerprint density at radius 1 is 1.57 bits per heavy atom. The van der Waals surface area contributed by atoms with E-state index in [0.29, 0.717) is 11.1 Å². The van der Waals surface area contributed by atoms with Crippen LogP contribution in [-0.4, -0.2) is 19.4 Å². The lowest BCUT2D eigenvalue weighted by Gasteiger charge is -2.21. The third kappa shape index (κ3) is 1.77. The van der Waals surface area contributed by atoms with Gasteiger partial charge >= 0.3 is 0 Å². The van der Waals surface area contributed by atoms with Crippen molar-refractivity contribution in [2.24, 2.45) is 0 Å². The molecule has 0 saturated carbocycles. The first-order valence-electron chi connectivity index (χ1n) is 4.52. The molecule has 0 spiro atoms. The predicted molar refractivity (Wildman–Crippen MR) is 56.9 cm³/mol. The van der Waals surface area contributed by atoms with Crippen molar-refractivity contribution in [1.29, 1.82) is 0 Å². The van der Waals surface area contributed by atoms with Gasteiger partial charge in [-0.25, -0.2) is 4.39 Å². The Labute approximate surface area is 90.8 Å². The standard InChI is InChI=1S/C10H11BrFNO/c1-7-13(4-5-14-7)8-2-3-9(11)10(12)6-8/h2-3,6-7H,4-5H2,1H3. The van der Waals surface area contributed by atoms with Gasteiger partial charge in [-0.15, -0.1) is 0 Å². The average Bonchev–Trinajstić information content (AvgIpc) is 2.57. The van der Waals surface area contributed by atoms with Crippen molar-refractivity contribution in [3.63, 3.8) is 0 Å². The number of benzene rings is 1. The zero-order valence-electron chi connectivity index (χ0n) is 7.84. The highest BCUT2D eigenvalue weighted by Crippen LogP contribution is 2.25. The Morgan fingerprint density at radius 2 is 2.36 bits per heavy atom. The largest absolute Gasteiger partial charge is 0.357 e. The lowest BCUT2D eigenvalue weighted by molar-refractivity contribution is 0.127. The summed E-state index contributed by atoms with van der Waals surface area (Å²) < 4.78 is 19.1. The molecule has 14 heavy (non-hydrogen) atoms. The van der Waals surface area contributed by atoms with E-state index in [1.165, 1.54) is 6.07 Å². The van der Waals surface area contributed by atoms with Crippen LogP contribution in [0.1, 0.15) is 6.92 Å². The number of hydrogen-bond donors (Lipinski definition) is 0. The van der Waals surface area contributed by atoms with Crippen LogP contribution in [0.4, 0.5) is 10.1 Å². The SMILES string of the molecule is CC1OCCN1c1ccc(Br)c(F)c1. The van der Waals surface area contributed by atoms with Crippen LogP contribution in [0.3, 0.4) is 0 Å². The minimum absolute atomic E-state index is 0.0376. The Kier molecular flexibility index (Phi) is 2.74. The third-order valence-corrected chi connectivity index (χ3v) is 3.01. The van der Waals surface area contributed by atoms with Crippen molar-refractivity contribution in [1.82, 2.24) is 0 Å². The molecule has 1 aromatic rings. The van der Waals surface area contributed by atoms with Gasteiger partial charge in [0, 0.05) is 12.2 Å². The Morgan fingerprint density at radius 3 is 2.93 bits per heavy atom. The normalized spacial score (nSPS) is 21.6. The molecule has 1 atom stereocenters. The highest BCUT2D eigenvalue weighted by Gasteiger charge is 2.21. The molecular weight excluding hydrogens is 249 g/mol. The molecule has 76 valence electrons. The van der Waals surface area contributed by atoms with E-state index in [1.807, 2.05) is 17.9 Å². The van der Waals surface area contributed by atoms with E-state index in [9.17, 15) is 4.39 Å². The molecule has 4 heteroatoms. The minimum atomic E-state index is -0.235. The van der Waals surface area contributed by atoms with Crippen molar-refractivity contribution in [3.05, 3.63) is 28.5 Å². The number of hydrogen-bond acceptors (Lipinski definition) is 2. The van der Waals surface area contributed by atoms with Gasteiger partial charge < -0.3 is 9.64 Å². The van der Waals surface area contributed by atoms with E-state index in [0.717, 1.165) is 12.2 Å². The summed E-state index contributed by atoms with van der Waals surface area (Å²) in [5.41, 5.74) is 0.871. The van der Waals surface area contributed by atoms with E-state index in [4.69, 9.17) is 4.74 Å². The topological polar surface area (TPSA) is 12.5 Å². The second kappa shape index (κ2) is 3.87. The Bertz CT molecular complexity index is 345. The molecule has 0 aromatic heterocycles. The van der Waals surface area contributed by atoms with Gasteiger partial charge in [0.05, 0.1) is 11.1 Å². The fourth-order valence-corrected chi connectivity index (χ4v) is 1.84. The van der Waals surface area contributed by atoms with Crippen LogP contribution in [0.25, 0.3) is 0 Å². The molecule has 0 bridgehead atoms. The highest BCUT2D eigenvalue weighted by molar-refractivity contribution is 9.10. The zero-order valence-corrected chi connectivity index (χ0v) is 9.42. The van der Waals surface area contributed by atoms with Gasteiger partial charge in [0.25, 0.3) is 0 Å². The van der Waals surface area contributed by atoms with Gasteiger partial charge in [-0.05, 0) is 41.1 Å². The molecule has 1 heterocycles. The van der Waals surface area contributed by atoms with Crippen LogP contribution in [0.2, 0.25) is 0 Å². The molecule has 1 aliphatic rings. The summed E-state index contributed by atoms with van der Waals surface area (Å²) in [6.45, 7) is 3.49. The van der Waals surface area contributed by atoms with E-state index in [-0.39, 0.29) is 12.0 Å². The fourth-order valence-electron chi connectivity index (χ4n) is 1.60. The van der Waals surface area contributed by atoms with Gasteiger partial charge in [0.1, 0.15) is 12.0 Å². The summed E-state index contributed by atoms with van der Waals surface area (Å²) in [5.74, 6) is -0.235. The molecular formula is C10H11BrFNO. The molecule has 2 rings (SSSR count). The molecule has 0 radical (unpaired) electrons. The maximum atomic E-state index is 13.2. The van der Waals surface area contributed by atoms with Crippen LogP contribution in [0.15, 0.2) is 22.7 Å². The fraction of sp³-hybridized carbons (Fsp3) is 0.400. The van der Waals surface area contributed by atoms with Crippen LogP contribution < -0.4 is 4.90 Å². The number of ether oxygens (including phenoxy) is 1. The summed E-state index contributed by atoms with van der Waals surface area (Å²) in [7, 11) is 0.